The number of para-hydroxylation sites is 1. The van der Waals surface area contributed by atoms with Gasteiger partial charge in [-0.3, -0.25) is 19.4 Å². The Morgan fingerprint density at radius 3 is 2.60 bits per heavy atom. The fourth-order valence-corrected chi connectivity index (χ4v) is 6.18. The maximum atomic E-state index is 13.6. The SMILES string of the molecule is CCc1ccc(NC(=O)[C@@H](CC)SC2=Nc3ccccc3C3=N[C@H](CCC(=O)NCc4cccs4)C(=O)N23)cc1. The molecule has 8 nitrogen and oxygen atoms in total. The number of nitrogens with one attached hydrogen (secondary N) is 2. The van der Waals surface area contributed by atoms with Gasteiger partial charge in [-0.05, 0) is 60.5 Å². The number of aryl methyl sites for hydroxylation is 1. The van der Waals surface area contributed by atoms with E-state index in [4.69, 9.17) is 9.98 Å². The molecule has 3 amide bonds. The van der Waals surface area contributed by atoms with Gasteiger partial charge in [-0.25, -0.2) is 9.89 Å². The topological polar surface area (TPSA) is 103 Å². The van der Waals surface area contributed by atoms with Crippen LogP contribution in [0.1, 0.15) is 49.1 Å². The van der Waals surface area contributed by atoms with Crippen LogP contribution in [0.15, 0.2) is 76.0 Å². The van der Waals surface area contributed by atoms with Gasteiger partial charge in [0.2, 0.25) is 11.8 Å². The Hall–Kier alpha value is -3.76. The van der Waals surface area contributed by atoms with Crippen molar-refractivity contribution in [1.82, 2.24) is 10.2 Å². The Morgan fingerprint density at radius 2 is 1.88 bits per heavy atom. The van der Waals surface area contributed by atoms with Crippen LogP contribution in [0.4, 0.5) is 11.4 Å². The maximum absolute atomic E-state index is 13.6. The zero-order valence-electron chi connectivity index (χ0n) is 22.4. The third-order valence-electron chi connectivity index (χ3n) is 6.77. The summed E-state index contributed by atoms with van der Waals surface area (Å²) in [6, 6.07) is 18.6. The summed E-state index contributed by atoms with van der Waals surface area (Å²) in [5.41, 5.74) is 3.39. The van der Waals surface area contributed by atoms with Crippen molar-refractivity contribution in [1.29, 1.82) is 0 Å². The van der Waals surface area contributed by atoms with Crippen LogP contribution in [0.25, 0.3) is 0 Å². The predicted molar refractivity (Wildman–Crippen MR) is 162 cm³/mol. The smallest absolute Gasteiger partial charge is 0.259 e. The molecule has 206 valence electrons. The largest absolute Gasteiger partial charge is 0.351 e. The van der Waals surface area contributed by atoms with Crippen LogP contribution >= 0.6 is 23.1 Å². The van der Waals surface area contributed by atoms with Gasteiger partial charge in [0.15, 0.2) is 5.17 Å². The van der Waals surface area contributed by atoms with Crippen molar-refractivity contribution in [2.45, 2.75) is 57.4 Å². The van der Waals surface area contributed by atoms with Gasteiger partial charge in [0, 0.05) is 22.5 Å². The molecule has 10 heteroatoms. The molecule has 0 radical (unpaired) electrons. The molecule has 2 aliphatic heterocycles. The number of thiophene rings is 1. The summed E-state index contributed by atoms with van der Waals surface area (Å²) in [5.74, 6) is 0.0202. The molecule has 2 atom stereocenters. The lowest BCUT2D eigenvalue weighted by atomic mass is 10.1. The highest BCUT2D eigenvalue weighted by atomic mass is 32.2. The number of fused-ring (bicyclic) bond motifs is 3. The maximum Gasteiger partial charge on any atom is 0.259 e. The van der Waals surface area contributed by atoms with E-state index in [2.05, 4.69) is 17.6 Å². The number of hydrogen-bond acceptors (Lipinski definition) is 7. The Kier molecular flexibility index (Phi) is 8.76. The second-order valence-electron chi connectivity index (χ2n) is 9.50. The van der Waals surface area contributed by atoms with Crippen LogP contribution in [0.5, 0.6) is 0 Å². The van der Waals surface area contributed by atoms with Gasteiger partial charge < -0.3 is 10.6 Å². The second kappa shape index (κ2) is 12.6. The van der Waals surface area contributed by atoms with E-state index >= 15 is 0 Å². The number of rotatable bonds is 10. The minimum Gasteiger partial charge on any atom is -0.351 e. The normalized spacial score (nSPS) is 16.5. The standard InChI is InChI=1S/C30H31N5O3S2/c1-3-19-11-13-20(14-12-19)32-28(37)25(4-2)40-30-34-23-10-6-5-9-22(23)27-33-24(29(38)35(27)30)15-16-26(36)31-18-21-8-7-17-39-21/h5-14,17,24-25H,3-4,15-16,18H2,1-2H3,(H,31,36)(H,32,37)/t24-,25-/m1/s1. The van der Waals surface area contributed by atoms with E-state index < -0.39 is 11.3 Å². The number of hydrogen-bond donors (Lipinski definition) is 2. The van der Waals surface area contributed by atoms with Crippen molar-refractivity contribution >= 4 is 63.2 Å². The Morgan fingerprint density at radius 1 is 1.07 bits per heavy atom. The van der Waals surface area contributed by atoms with Crippen LogP contribution in [0.3, 0.4) is 0 Å². The second-order valence-corrected chi connectivity index (χ2v) is 11.7. The van der Waals surface area contributed by atoms with Crippen molar-refractivity contribution in [3.05, 3.63) is 82.0 Å². The van der Waals surface area contributed by atoms with Crippen molar-refractivity contribution in [2.24, 2.45) is 9.98 Å². The lowest BCUT2D eigenvalue weighted by Gasteiger charge is -2.27. The molecule has 2 aromatic carbocycles. The molecule has 3 aromatic rings. The Balaban J connectivity index is 1.29. The van der Waals surface area contributed by atoms with E-state index in [0.717, 1.165) is 22.5 Å². The summed E-state index contributed by atoms with van der Waals surface area (Å²) in [5, 5.41) is 7.83. The molecule has 2 N–H and O–H groups in total. The highest BCUT2D eigenvalue weighted by molar-refractivity contribution is 8.15. The number of benzene rings is 2. The van der Waals surface area contributed by atoms with E-state index in [1.807, 2.05) is 73.0 Å². The zero-order valence-corrected chi connectivity index (χ0v) is 24.1. The van der Waals surface area contributed by atoms with Crippen LogP contribution in [-0.2, 0) is 27.3 Å². The van der Waals surface area contributed by atoms with Gasteiger partial charge in [-0.15, -0.1) is 11.3 Å². The number of amides is 3. The average Bonchev–Trinajstić information content (AvgIpc) is 3.62. The third kappa shape index (κ3) is 6.18. The molecule has 40 heavy (non-hydrogen) atoms. The molecule has 0 saturated heterocycles. The monoisotopic (exact) mass is 573 g/mol. The van der Waals surface area contributed by atoms with E-state index in [1.165, 1.54) is 22.2 Å². The summed E-state index contributed by atoms with van der Waals surface area (Å²) in [7, 11) is 0. The molecule has 1 aromatic heterocycles. The molecule has 2 aliphatic rings. The highest BCUT2D eigenvalue weighted by Crippen LogP contribution is 2.36. The van der Waals surface area contributed by atoms with E-state index in [1.54, 1.807) is 11.3 Å². The number of anilines is 1. The first-order valence-electron chi connectivity index (χ1n) is 13.4. The quantitative estimate of drug-likeness (QED) is 0.334. The van der Waals surface area contributed by atoms with Crippen molar-refractivity contribution in [3.8, 4) is 0 Å². The van der Waals surface area contributed by atoms with E-state index in [9.17, 15) is 14.4 Å². The summed E-state index contributed by atoms with van der Waals surface area (Å²) in [6.45, 7) is 4.50. The molecule has 0 unspecified atom stereocenters. The molecule has 0 aliphatic carbocycles. The Bertz CT molecular complexity index is 1450. The average molecular weight is 574 g/mol. The van der Waals surface area contributed by atoms with Gasteiger partial charge in [0.05, 0.1) is 17.5 Å². The lowest BCUT2D eigenvalue weighted by molar-refractivity contribution is -0.125. The van der Waals surface area contributed by atoms with Gasteiger partial charge in [-0.2, -0.15) is 0 Å². The van der Waals surface area contributed by atoms with Gasteiger partial charge in [-0.1, -0.05) is 55.9 Å². The van der Waals surface area contributed by atoms with Crippen molar-refractivity contribution in [3.63, 3.8) is 0 Å². The first-order valence-corrected chi connectivity index (χ1v) is 15.2. The molecular formula is C30H31N5O3S2. The fourth-order valence-electron chi connectivity index (χ4n) is 4.52. The first kappa shape index (κ1) is 27.8. The Labute approximate surface area is 242 Å². The number of nitrogens with zero attached hydrogens (tertiary/aromatic N) is 3. The molecule has 3 heterocycles. The van der Waals surface area contributed by atoms with Crippen molar-refractivity contribution in [2.75, 3.05) is 5.32 Å². The van der Waals surface area contributed by atoms with Crippen LogP contribution in [0.2, 0.25) is 0 Å². The van der Waals surface area contributed by atoms with E-state index in [-0.39, 0.29) is 24.1 Å². The number of carbonyl (C=O) groups is 3. The summed E-state index contributed by atoms with van der Waals surface area (Å²) >= 11 is 2.85. The summed E-state index contributed by atoms with van der Waals surface area (Å²) < 4.78 is 0. The lowest BCUT2D eigenvalue weighted by Crippen LogP contribution is -2.42. The predicted octanol–water partition coefficient (Wildman–Crippen LogP) is 5.52. The van der Waals surface area contributed by atoms with Crippen LogP contribution < -0.4 is 10.6 Å². The first-order chi connectivity index (χ1) is 19.5. The summed E-state index contributed by atoms with van der Waals surface area (Å²) in [6.07, 6.45) is 1.95. The van der Waals surface area contributed by atoms with Gasteiger partial charge >= 0.3 is 0 Å². The molecule has 5 rings (SSSR count). The molecular weight excluding hydrogens is 542 g/mol. The number of carbonyl (C=O) groups excluding carboxylic acids is 3. The molecule has 0 bridgehead atoms. The molecule has 0 spiro atoms. The van der Waals surface area contributed by atoms with Crippen LogP contribution in [0, 0.1) is 0 Å². The minimum absolute atomic E-state index is 0.121. The highest BCUT2D eigenvalue weighted by Gasteiger charge is 2.42. The van der Waals surface area contributed by atoms with Crippen LogP contribution in [-0.4, -0.2) is 44.9 Å². The fraction of sp³-hybridized carbons (Fsp3) is 0.300. The van der Waals surface area contributed by atoms with Gasteiger partial charge in [0.1, 0.15) is 11.9 Å². The number of amidine groups is 2. The number of aliphatic imine (C=N–C) groups is 2. The molecule has 0 saturated carbocycles. The third-order valence-corrected chi connectivity index (χ3v) is 8.97. The van der Waals surface area contributed by atoms with Gasteiger partial charge in [0.25, 0.3) is 5.91 Å². The minimum atomic E-state index is -0.689. The number of thioether (sulfide) groups is 1. The van der Waals surface area contributed by atoms with E-state index in [0.29, 0.717) is 36.1 Å². The van der Waals surface area contributed by atoms with Crippen molar-refractivity contribution < 1.29 is 14.4 Å². The zero-order chi connectivity index (χ0) is 28.1. The summed E-state index contributed by atoms with van der Waals surface area (Å²) in [4.78, 5) is 51.4. The molecule has 0 fully saturated rings.